The minimum absolute atomic E-state index is 0.357. The third-order valence-corrected chi connectivity index (χ3v) is 4.61. The standard InChI is InChI=1S/C17H27NO/c1-13-7-8-15(9-14(13)2)10-18-11-16-5-3-4-6-17(16)12-19/h7-9,16-19H,3-6,10-12H2,1-2H3. The average molecular weight is 261 g/mol. The highest BCUT2D eigenvalue weighted by Gasteiger charge is 2.23. The molecule has 1 aromatic rings. The summed E-state index contributed by atoms with van der Waals surface area (Å²) in [5.74, 6) is 1.17. The van der Waals surface area contributed by atoms with Crippen LogP contribution in [0.4, 0.5) is 0 Å². The van der Waals surface area contributed by atoms with Crippen molar-refractivity contribution in [1.82, 2.24) is 5.32 Å². The van der Waals surface area contributed by atoms with Crippen LogP contribution in [0.15, 0.2) is 18.2 Å². The second kappa shape index (κ2) is 7.06. The molecule has 0 spiro atoms. The first-order chi connectivity index (χ1) is 9.20. The third-order valence-electron chi connectivity index (χ3n) is 4.61. The van der Waals surface area contributed by atoms with Crippen molar-refractivity contribution in [3.8, 4) is 0 Å². The Labute approximate surface area is 117 Å². The van der Waals surface area contributed by atoms with Gasteiger partial charge in [-0.15, -0.1) is 0 Å². The maximum Gasteiger partial charge on any atom is 0.0462 e. The highest BCUT2D eigenvalue weighted by Crippen LogP contribution is 2.29. The molecule has 0 amide bonds. The van der Waals surface area contributed by atoms with Crippen LogP contribution in [0.3, 0.4) is 0 Å². The van der Waals surface area contributed by atoms with E-state index in [0.29, 0.717) is 18.4 Å². The zero-order chi connectivity index (χ0) is 13.7. The molecular formula is C17H27NO. The third kappa shape index (κ3) is 4.05. The lowest BCUT2D eigenvalue weighted by molar-refractivity contribution is 0.133. The molecule has 0 radical (unpaired) electrons. The summed E-state index contributed by atoms with van der Waals surface area (Å²) < 4.78 is 0. The van der Waals surface area contributed by atoms with Crippen molar-refractivity contribution >= 4 is 0 Å². The van der Waals surface area contributed by atoms with Crippen LogP contribution in [0, 0.1) is 25.7 Å². The molecule has 1 aliphatic rings. The largest absolute Gasteiger partial charge is 0.396 e. The Hall–Kier alpha value is -0.860. The Balaban J connectivity index is 1.80. The van der Waals surface area contributed by atoms with Crippen LogP contribution in [0.25, 0.3) is 0 Å². The second-order valence-corrected chi connectivity index (χ2v) is 6.04. The van der Waals surface area contributed by atoms with Crippen molar-refractivity contribution in [3.63, 3.8) is 0 Å². The summed E-state index contributed by atoms with van der Waals surface area (Å²) in [7, 11) is 0. The summed E-state index contributed by atoms with van der Waals surface area (Å²) >= 11 is 0. The van der Waals surface area contributed by atoms with Crippen molar-refractivity contribution in [2.24, 2.45) is 11.8 Å². The van der Waals surface area contributed by atoms with Gasteiger partial charge in [-0.1, -0.05) is 31.0 Å². The lowest BCUT2D eigenvalue weighted by Crippen LogP contribution is -2.32. The SMILES string of the molecule is Cc1ccc(CNCC2CCCCC2CO)cc1C. The molecule has 0 aromatic heterocycles. The summed E-state index contributed by atoms with van der Waals surface area (Å²) in [4.78, 5) is 0. The number of rotatable bonds is 5. The van der Waals surface area contributed by atoms with Crippen molar-refractivity contribution in [2.45, 2.75) is 46.1 Å². The molecule has 19 heavy (non-hydrogen) atoms. The van der Waals surface area contributed by atoms with E-state index in [2.05, 4.69) is 37.4 Å². The fourth-order valence-electron chi connectivity index (χ4n) is 3.11. The van der Waals surface area contributed by atoms with E-state index in [9.17, 15) is 5.11 Å². The number of hydrogen-bond donors (Lipinski definition) is 2. The minimum Gasteiger partial charge on any atom is -0.396 e. The van der Waals surface area contributed by atoms with E-state index in [0.717, 1.165) is 13.1 Å². The highest BCUT2D eigenvalue weighted by molar-refractivity contribution is 5.29. The molecule has 2 unspecified atom stereocenters. The van der Waals surface area contributed by atoms with Crippen LogP contribution >= 0.6 is 0 Å². The number of nitrogens with one attached hydrogen (secondary N) is 1. The Morgan fingerprint density at radius 3 is 2.53 bits per heavy atom. The molecule has 1 aliphatic carbocycles. The maximum absolute atomic E-state index is 9.42. The molecular weight excluding hydrogens is 234 g/mol. The van der Waals surface area contributed by atoms with Gasteiger partial charge in [0.25, 0.3) is 0 Å². The van der Waals surface area contributed by atoms with Gasteiger partial charge < -0.3 is 10.4 Å². The predicted octanol–water partition coefficient (Wildman–Crippen LogP) is 3.19. The van der Waals surface area contributed by atoms with Crippen molar-refractivity contribution in [2.75, 3.05) is 13.2 Å². The van der Waals surface area contributed by atoms with E-state index in [4.69, 9.17) is 0 Å². The highest BCUT2D eigenvalue weighted by atomic mass is 16.3. The molecule has 2 heteroatoms. The zero-order valence-corrected chi connectivity index (χ0v) is 12.3. The number of aliphatic hydroxyl groups excluding tert-OH is 1. The van der Waals surface area contributed by atoms with E-state index in [-0.39, 0.29) is 0 Å². The van der Waals surface area contributed by atoms with E-state index < -0.39 is 0 Å². The quantitative estimate of drug-likeness (QED) is 0.853. The van der Waals surface area contributed by atoms with E-state index >= 15 is 0 Å². The van der Waals surface area contributed by atoms with Gasteiger partial charge in [0.05, 0.1) is 0 Å². The van der Waals surface area contributed by atoms with E-state index in [1.807, 2.05) is 0 Å². The van der Waals surface area contributed by atoms with Crippen molar-refractivity contribution in [3.05, 3.63) is 34.9 Å². The fraction of sp³-hybridized carbons (Fsp3) is 0.647. The molecule has 1 saturated carbocycles. The summed E-state index contributed by atoms with van der Waals surface area (Å²) in [5, 5.41) is 13.0. The Bertz CT molecular complexity index is 402. The molecule has 1 aromatic carbocycles. The van der Waals surface area contributed by atoms with Crippen LogP contribution in [-0.2, 0) is 6.54 Å². The molecule has 2 rings (SSSR count). The molecule has 2 N–H and O–H groups in total. The van der Waals surface area contributed by atoms with Crippen LogP contribution < -0.4 is 5.32 Å². The Morgan fingerprint density at radius 1 is 1.11 bits per heavy atom. The Kier molecular flexibility index (Phi) is 5.41. The Morgan fingerprint density at radius 2 is 1.84 bits per heavy atom. The molecule has 2 atom stereocenters. The lowest BCUT2D eigenvalue weighted by atomic mass is 9.79. The summed E-state index contributed by atoms with van der Waals surface area (Å²) in [6.07, 6.45) is 5.09. The molecule has 0 aliphatic heterocycles. The minimum atomic E-state index is 0.357. The first-order valence-electron chi connectivity index (χ1n) is 7.58. The fourth-order valence-corrected chi connectivity index (χ4v) is 3.11. The van der Waals surface area contributed by atoms with Crippen molar-refractivity contribution < 1.29 is 5.11 Å². The van der Waals surface area contributed by atoms with Crippen molar-refractivity contribution in [1.29, 1.82) is 0 Å². The van der Waals surface area contributed by atoms with E-state index in [1.165, 1.54) is 42.4 Å². The summed E-state index contributed by atoms with van der Waals surface area (Å²) in [6, 6.07) is 6.68. The van der Waals surface area contributed by atoms with Gasteiger partial charge in [-0.05, 0) is 61.8 Å². The molecule has 0 heterocycles. The predicted molar refractivity (Wildman–Crippen MR) is 80.2 cm³/mol. The van der Waals surface area contributed by atoms with Gasteiger partial charge in [-0.25, -0.2) is 0 Å². The summed E-state index contributed by atoms with van der Waals surface area (Å²) in [6.45, 7) is 6.66. The van der Waals surface area contributed by atoms with Crippen LogP contribution in [0.5, 0.6) is 0 Å². The monoisotopic (exact) mass is 261 g/mol. The molecule has 1 fully saturated rings. The topological polar surface area (TPSA) is 32.3 Å². The molecule has 2 nitrogen and oxygen atoms in total. The molecule has 0 bridgehead atoms. The zero-order valence-electron chi connectivity index (χ0n) is 12.3. The number of aryl methyl sites for hydroxylation is 2. The van der Waals surface area contributed by atoms with Gasteiger partial charge in [-0.3, -0.25) is 0 Å². The number of benzene rings is 1. The summed E-state index contributed by atoms with van der Waals surface area (Å²) in [5.41, 5.74) is 4.08. The number of hydrogen-bond acceptors (Lipinski definition) is 2. The van der Waals surface area contributed by atoms with Crippen LogP contribution in [-0.4, -0.2) is 18.3 Å². The van der Waals surface area contributed by atoms with E-state index in [1.54, 1.807) is 0 Å². The maximum atomic E-state index is 9.42. The molecule has 0 saturated heterocycles. The van der Waals surface area contributed by atoms with Gasteiger partial charge >= 0.3 is 0 Å². The van der Waals surface area contributed by atoms with Gasteiger partial charge in [0, 0.05) is 13.2 Å². The van der Waals surface area contributed by atoms with Gasteiger partial charge in [0.15, 0.2) is 0 Å². The first kappa shape index (κ1) is 14.5. The first-order valence-corrected chi connectivity index (χ1v) is 7.58. The normalized spacial score (nSPS) is 23.5. The average Bonchev–Trinajstić information content (AvgIpc) is 2.43. The second-order valence-electron chi connectivity index (χ2n) is 6.04. The van der Waals surface area contributed by atoms with Crippen LogP contribution in [0.2, 0.25) is 0 Å². The van der Waals surface area contributed by atoms with Crippen LogP contribution in [0.1, 0.15) is 42.4 Å². The van der Waals surface area contributed by atoms with Gasteiger partial charge in [-0.2, -0.15) is 0 Å². The van der Waals surface area contributed by atoms with Gasteiger partial charge in [0.2, 0.25) is 0 Å². The number of aliphatic hydroxyl groups is 1. The van der Waals surface area contributed by atoms with Gasteiger partial charge in [0.1, 0.15) is 0 Å². The smallest absolute Gasteiger partial charge is 0.0462 e. The lowest BCUT2D eigenvalue weighted by Gasteiger charge is -2.30. The molecule has 106 valence electrons.